The van der Waals surface area contributed by atoms with Crippen molar-refractivity contribution < 1.29 is 9.53 Å². The van der Waals surface area contributed by atoms with Crippen molar-refractivity contribution in [1.82, 2.24) is 4.90 Å². The molecule has 1 aromatic carbocycles. The molecule has 0 radical (unpaired) electrons. The second kappa shape index (κ2) is 5.91. The van der Waals surface area contributed by atoms with Crippen molar-refractivity contribution in [2.24, 2.45) is 5.92 Å². The Labute approximate surface area is 137 Å². The molecule has 2 heterocycles. The highest BCUT2D eigenvalue weighted by atomic mass is 16.5. The molecule has 4 nitrogen and oxygen atoms in total. The number of urea groups is 1. The number of hydrogen-bond donors (Lipinski definition) is 1. The Balaban J connectivity index is 1.44. The lowest BCUT2D eigenvalue weighted by Gasteiger charge is -2.36. The van der Waals surface area contributed by atoms with Crippen LogP contribution in [0.5, 0.6) is 5.75 Å². The first-order valence-electron chi connectivity index (χ1n) is 8.66. The fraction of sp³-hybridized carbons (Fsp3) is 0.526. The number of rotatable bonds is 3. The van der Waals surface area contributed by atoms with Gasteiger partial charge in [-0.05, 0) is 56.6 Å². The van der Waals surface area contributed by atoms with Crippen molar-refractivity contribution in [2.45, 2.75) is 50.6 Å². The average molecular weight is 312 g/mol. The average Bonchev–Trinajstić information content (AvgIpc) is 3.32. The summed E-state index contributed by atoms with van der Waals surface area (Å²) in [6, 6.07) is 8.35. The van der Waals surface area contributed by atoms with E-state index in [1.165, 1.54) is 12.8 Å². The lowest BCUT2D eigenvalue weighted by Crippen LogP contribution is -2.46. The topological polar surface area (TPSA) is 41.6 Å². The van der Waals surface area contributed by atoms with Crippen molar-refractivity contribution in [3.8, 4) is 5.75 Å². The number of carbonyl (C=O) groups is 1. The van der Waals surface area contributed by atoms with Crippen molar-refractivity contribution in [3.63, 3.8) is 0 Å². The number of carbonyl (C=O) groups excluding carboxylic acids is 1. The second-order valence-corrected chi connectivity index (χ2v) is 7.02. The van der Waals surface area contributed by atoms with Gasteiger partial charge >= 0.3 is 6.03 Å². The van der Waals surface area contributed by atoms with E-state index in [2.05, 4.69) is 16.3 Å². The predicted molar refractivity (Wildman–Crippen MR) is 90.7 cm³/mol. The highest BCUT2D eigenvalue weighted by Crippen LogP contribution is 2.41. The number of benzene rings is 1. The van der Waals surface area contributed by atoms with Gasteiger partial charge in [0, 0.05) is 23.8 Å². The third-order valence-corrected chi connectivity index (χ3v) is 5.26. The van der Waals surface area contributed by atoms with Crippen LogP contribution in [0, 0.1) is 5.92 Å². The monoisotopic (exact) mass is 312 g/mol. The summed E-state index contributed by atoms with van der Waals surface area (Å²) < 4.78 is 5.22. The van der Waals surface area contributed by atoms with Crippen LogP contribution < -0.4 is 10.1 Å². The van der Waals surface area contributed by atoms with Gasteiger partial charge in [0.2, 0.25) is 0 Å². The van der Waals surface area contributed by atoms with Crippen LogP contribution in [0.3, 0.4) is 0 Å². The Morgan fingerprint density at radius 2 is 1.96 bits per heavy atom. The van der Waals surface area contributed by atoms with Gasteiger partial charge in [0.1, 0.15) is 5.75 Å². The largest absolute Gasteiger partial charge is 0.497 e. The molecule has 4 rings (SSSR count). The van der Waals surface area contributed by atoms with Gasteiger partial charge in [-0.2, -0.15) is 0 Å². The molecule has 3 fully saturated rings. The lowest BCUT2D eigenvalue weighted by molar-refractivity contribution is 0.173. The van der Waals surface area contributed by atoms with E-state index < -0.39 is 0 Å². The summed E-state index contributed by atoms with van der Waals surface area (Å²) in [7, 11) is 1.64. The van der Waals surface area contributed by atoms with E-state index in [1.54, 1.807) is 12.7 Å². The normalized spacial score (nSPS) is 26.1. The first kappa shape index (κ1) is 14.6. The fourth-order valence-electron chi connectivity index (χ4n) is 4.00. The van der Waals surface area contributed by atoms with E-state index in [9.17, 15) is 4.79 Å². The Morgan fingerprint density at radius 1 is 1.22 bits per heavy atom. The summed E-state index contributed by atoms with van der Waals surface area (Å²) in [4.78, 5) is 14.8. The van der Waals surface area contributed by atoms with Crippen LogP contribution in [0.2, 0.25) is 0 Å². The van der Waals surface area contributed by atoms with Gasteiger partial charge in [-0.15, -0.1) is 0 Å². The molecule has 3 aliphatic rings. The molecule has 1 aromatic rings. The highest BCUT2D eigenvalue weighted by molar-refractivity contribution is 5.90. The molecule has 0 aromatic heterocycles. The summed E-state index contributed by atoms with van der Waals surface area (Å²) in [5.74, 6) is 1.60. The van der Waals surface area contributed by atoms with Crippen LogP contribution in [0.4, 0.5) is 10.5 Å². The molecule has 1 N–H and O–H groups in total. The first-order chi connectivity index (χ1) is 11.2. The molecule has 2 bridgehead atoms. The standard InChI is InChI=1S/C19H24N2O2/c1-23-18-4-2-3-15(12-18)20-19(22)21-16-7-8-17(21)11-14(10-16)9-13-5-6-13/h2-4,9,12-13,16-17H,5-8,10-11H2,1H3,(H,20,22). The van der Waals surface area contributed by atoms with Crippen LogP contribution in [0.15, 0.2) is 35.9 Å². The number of nitrogens with one attached hydrogen (secondary N) is 1. The van der Waals surface area contributed by atoms with E-state index in [-0.39, 0.29) is 6.03 Å². The van der Waals surface area contributed by atoms with Crippen molar-refractivity contribution >= 4 is 11.7 Å². The number of fused-ring (bicyclic) bond motifs is 2. The molecule has 1 aliphatic carbocycles. The van der Waals surface area contributed by atoms with Gasteiger partial charge in [-0.25, -0.2) is 4.79 Å². The van der Waals surface area contributed by atoms with Gasteiger partial charge < -0.3 is 15.0 Å². The number of amides is 2. The van der Waals surface area contributed by atoms with Crippen molar-refractivity contribution in [1.29, 1.82) is 0 Å². The van der Waals surface area contributed by atoms with E-state index in [0.29, 0.717) is 12.1 Å². The molecular weight excluding hydrogens is 288 g/mol. The summed E-state index contributed by atoms with van der Waals surface area (Å²) >= 11 is 0. The van der Waals surface area contributed by atoms with E-state index in [4.69, 9.17) is 4.74 Å². The van der Waals surface area contributed by atoms with Crippen molar-refractivity contribution in [3.05, 3.63) is 35.9 Å². The van der Waals surface area contributed by atoms with Crippen LogP contribution >= 0.6 is 0 Å². The van der Waals surface area contributed by atoms with E-state index >= 15 is 0 Å². The zero-order chi connectivity index (χ0) is 15.8. The van der Waals surface area contributed by atoms with Crippen molar-refractivity contribution in [2.75, 3.05) is 12.4 Å². The molecule has 1 saturated carbocycles. The van der Waals surface area contributed by atoms with E-state index in [0.717, 1.165) is 43.0 Å². The van der Waals surface area contributed by atoms with Crippen LogP contribution in [0.25, 0.3) is 0 Å². The molecule has 4 heteroatoms. The lowest BCUT2D eigenvalue weighted by atomic mass is 9.96. The SMILES string of the molecule is COc1cccc(NC(=O)N2C3CCC2CC(=CC2CC2)C3)c1. The number of ether oxygens (including phenoxy) is 1. The number of piperidine rings is 1. The molecule has 2 unspecified atom stereocenters. The number of anilines is 1. The molecule has 122 valence electrons. The molecular formula is C19H24N2O2. The quantitative estimate of drug-likeness (QED) is 0.850. The third-order valence-electron chi connectivity index (χ3n) is 5.26. The molecule has 0 spiro atoms. The minimum atomic E-state index is 0.0382. The minimum Gasteiger partial charge on any atom is -0.497 e. The van der Waals surface area contributed by atoms with Crippen LogP contribution in [-0.4, -0.2) is 30.1 Å². The molecule has 2 amide bonds. The predicted octanol–water partition coefficient (Wildman–Crippen LogP) is 4.19. The van der Waals surface area contributed by atoms with E-state index in [1.807, 2.05) is 24.3 Å². The maximum absolute atomic E-state index is 12.7. The zero-order valence-corrected chi connectivity index (χ0v) is 13.6. The van der Waals surface area contributed by atoms with Gasteiger partial charge in [0.25, 0.3) is 0 Å². The number of nitrogens with zero attached hydrogens (tertiary/aromatic N) is 1. The Hall–Kier alpha value is -1.97. The van der Waals surface area contributed by atoms with Gasteiger partial charge in [0.15, 0.2) is 0 Å². The molecule has 2 aliphatic heterocycles. The molecule has 2 saturated heterocycles. The highest BCUT2D eigenvalue weighted by Gasteiger charge is 2.41. The summed E-state index contributed by atoms with van der Waals surface area (Å²) in [6.07, 6.45) is 9.62. The van der Waals surface area contributed by atoms with Crippen LogP contribution in [0.1, 0.15) is 38.5 Å². The summed E-state index contributed by atoms with van der Waals surface area (Å²) in [5.41, 5.74) is 2.39. The first-order valence-corrected chi connectivity index (χ1v) is 8.66. The maximum Gasteiger partial charge on any atom is 0.322 e. The second-order valence-electron chi connectivity index (χ2n) is 7.02. The number of methoxy groups -OCH3 is 1. The van der Waals surface area contributed by atoms with Gasteiger partial charge in [-0.1, -0.05) is 17.7 Å². The van der Waals surface area contributed by atoms with Gasteiger partial charge in [0.05, 0.1) is 7.11 Å². The summed E-state index contributed by atoms with van der Waals surface area (Å²) in [5, 5.41) is 3.04. The fourth-order valence-corrected chi connectivity index (χ4v) is 4.00. The molecule has 2 atom stereocenters. The van der Waals surface area contributed by atoms with Crippen LogP contribution in [-0.2, 0) is 0 Å². The number of hydrogen-bond acceptors (Lipinski definition) is 2. The summed E-state index contributed by atoms with van der Waals surface area (Å²) in [6.45, 7) is 0. The van der Waals surface area contributed by atoms with Gasteiger partial charge in [-0.3, -0.25) is 0 Å². The maximum atomic E-state index is 12.7. The zero-order valence-electron chi connectivity index (χ0n) is 13.6. The third kappa shape index (κ3) is 3.07. The Morgan fingerprint density at radius 3 is 2.61 bits per heavy atom. The smallest absolute Gasteiger partial charge is 0.322 e. The molecule has 23 heavy (non-hydrogen) atoms. The Kier molecular flexibility index (Phi) is 3.76. The number of allylic oxidation sites excluding steroid dienone is 1. The minimum absolute atomic E-state index is 0.0382. The Bertz CT molecular complexity index is 620.